The summed E-state index contributed by atoms with van der Waals surface area (Å²) >= 11 is 7.07. The Labute approximate surface area is 131 Å². The van der Waals surface area contributed by atoms with Crippen molar-refractivity contribution in [1.82, 2.24) is 4.98 Å². The highest BCUT2D eigenvalue weighted by Gasteiger charge is 2.07. The van der Waals surface area contributed by atoms with Crippen LogP contribution in [-0.2, 0) is 4.79 Å². The first-order valence-corrected chi connectivity index (χ1v) is 7.42. The molecule has 0 saturated heterocycles. The molecule has 21 heavy (non-hydrogen) atoms. The van der Waals surface area contributed by atoms with E-state index in [-0.39, 0.29) is 11.7 Å². The first-order valence-electron chi connectivity index (χ1n) is 6.06. The van der Waals surface area contributed by atoms with Gasteiger partial charge in [-0.25, -0.2) is 4.98 Å². The van der Waals surface area contributed by atoms with Crippen LogP contribution in [-0.4, -0.2) is 23.8 Å². The number of pyridine rings is 1. The number of nitrogens with two attached hydrogens (primary N) is 1. The Kier molecular flexibility index (Phi) is 5.30. The second-order valence-corrected chi connectivity index (χ2v) is 5.54. The lowest BCUT2D eigenvalue weighted by Gasteiger charge is -2.09. The lowest BCUT2D eigenvalue weighted by Crippen LogP contribution is -2.15. The van der Waals surface area contributed by atoms with E-state index < -0.39 is 0 Å². The van der Waals surface area contributed by atoms with Gasteiger partial charge in [-0.05, 0) is 24.3 Å². The van der Waals surface area contributed by atoms with Crippen molar-refractivity contribution in [3.05, 3.63) is 41.6 Å². The van der Waals surface area contributed by atoms with Crippen LogP contribution >= 0.6 is 23.4 Å². The quantitative estimate of drug-likeness (QED) is 0.653. The Morgan fingerprint density at radius 2 is 2.24 bits per heavy atom. The van der Waals surface area contributed by atoms with E-state index in [9.17, 15) is 4.79 Å². The molecule has 2 aromatic rings. The minimum absolute atomic E-state index is 0.159. The van der Waals surface area contributed by atoms with Crippen LogP contribution in [0.1, 0.15) is 0 Å². The van der Waals surface area contributed by atoms with Crippen LogP contribution in [0.5, 0.6) is 5.75 Å². The molecule has 5 nitrogen and oxygen atoms in total. The lowest BCUT2D eigenvalue weighted by molar-refractivity contribution is -0.113. The summed E-state index contributed by atoms with van der Waals surface area (Å²) in [6, 6.07) is 8.60. The molecule has 0 unspecified atom stereocenters. The number of halogens is 1. The maximum atomic E-state index is 11.9. The highest BCUT2D eigenvalue weighted by atomic mass is 35.5. The number of nitrogens with one attached hydrogen (secondary N) is 1. The smallest absolute Gasteiger partial charge is 0.234 e. The number of hydrogen-bond acceptors (Lipinski definition) is 5. The highest BCUT2D eigenvalue weighted by Crippen LogP contribution is 2.24. The van der Waals surface area contributed by atoms with E-state index >= 15 is 0 Å². The van der Waals surface area contributed by atoms with Crippen molar-refractivity contribution in [3.8, 4) is 5.75 Å². The molecule has 1 aromatic carbocycles. The normalized spacial score (nSPS) is 10.2. The molecule has 1 aromatic heterocycles. The van der Waals surface area contributed by atoms with Crippen LogP contribution in [0, 0.1) is 0 Å². The molecule has 1 heterocycles. The maximum absolute atomic E-state index is 11.9. The molecule has 0 radical (unpaired) electrons. The average molecular weight is 324 g/mol. The highest BCUT2D eigenvalue weighted by molar-refractivity contribution is 7.99. The zero-order valence-corrected chi connectivity index (χ0v) is 12.9. The molecule has 0 fully saturated rings. The van der Waals surface area contributed by atoms with Gasteiger partial charge in [0.2, 0.25) is 5.91 Å². The van der Waals surface area contributed by atoms with Crippen LogP contribution in [0.25, 0.3) is 0 Å². The summed E-state index contributed by atoms with van der Waals surface area (Å²) in [5.74, 6) is 0.721. The summed E-state index contributed by atoms with van der Waals surface area (Å²) < 4.78 is 5.05. The number of methoxy groups -OCH3 is 1. The first kappa shape index (κ1) is 15.5. The van der Waals surface area contributed by atoms with Gasteiger partial charge < -0.3 is 15.8 Å². The second kappa shape index (κ2) is 7.19. The number of nitrogens with zero attached hydrogens (tertiary/aromatic N) is 1. The van der Waals surface area contributed by atoms with Crippen LogP contribution in [0.3, 0.4) is 0 Å². The second-order valence-electron chi connectivity index (χ2n) is 4.10. The van der Waals surface area contributed by atoms with Crippen molar-refractivity contribution in [2.45, 2.75) is 5.03 Å². The summed E-state index contributed by atoms with van der Waals surface area (Å²) in [6.07, 6.45) is 1.54. The molecule has 2 rings (SSSR count). The molecule has 0 aliphatic rings. The van der Waals surface area contributed by atoms with Crippen molar-refractivity contribution in [2.75, 3.05) is 23.9 Å². The van der Waals surface area contributed by atoms with Gasteiger partial charge in [-0.3, -0.25) is 4.79 Å². The van der Waals surface area contributed by atoms with Crippen molar-refractivity contribution in [1.29, 1.82) is 0 Å². The number of hydrogen-bond donors (Lipinski definition) is 2. The van der Waals surface area contributed by atoms with Gasteiger partial charge in [-0.1, -0.05) is 23.4 Å². The predicted octanol–water partition coefficient (Wildman–Crippen LogP) is 3.06. The van der Waals surface area contributed by atoms with Crippen LogP contribution in [0.2, 0.25) is 5.02 Å². The largest absolute Gasteiger partial charge is 0.497 e. The maximum Gasteiger partial charge on any atom is 0.234 e. The molecule has 0 aliphatic carbocycles. The molecule has 0 bridgehead atoms. The van der Waals surface area contributed by atoms with Gasteiger partial charge in [-0.15, -0.1) is 0 Å². The van der Waals surface area contributed by atoms with E-state index in [2.05, 4.69) is 10.3 Å². The SMILES string of the molecule is COc1ccc(NC(=O)CSc2ccc(Cl)cn2)c(N)c1. The number of benzene rings is 1. The fourth-order valence-electron chi connectivity index (χ4n) is 1.56. The average Bonchev–Trinajstić information content (AvgIpc) is 2.48. The van der Waals surface area contributed by atoms with Gasteiger partial charge in [0, 0.05) is 12.3 Å². The first-order chi connectivity index (χ1) is 10.1. The fourth-order valence-corrected chi connectivity index (χ4v) is 2.31. The van der Waals surface area contributed by atoms with E-state index in [0.717, 1.165) is 5.03 Å². The van der Waals surface area contributed by atoms with Crippen LogP contribution in [0.15, 0.2) is 41.6 Å². The van der Waals surface area contributed by atoms with Crippen molar-refractivity contribution >= 4 is 40.6 Å². The Morgan fingerprint density at radius 3 is 2.86 bits per heavy atom. The molecule has 0 aliphatic heterocycles. The minimum Gasteiger partial charge on any atom is -0.497 e. The van der Waals surface area contributed by atoms with Gasteiger partial charge in [0.25, 0.3) is 0 Å². The molecule has 0 spiro atoms. The molecular formula is C14H14ClN3O2S. The van der Waals surface area contributed by atoms with Crippen molar-refractivity contribution < 1.29 is 9.53 Å². The third kappa shape index (κ3) is 4.54. The Bertz CT molecular complexity index is 635. The van der Waals surface area contributed by atoms with E-state index in [1.165, 1.54) is 11.8 Å². The van der Waals surface area contributed by atoms with E-state index in [4.69, 9.17) is 22.1 Å². The lowest BCUT2D eigenvalue weighted by atomic mass is 10.2. The standard InChI is InChI=1S/C14H14ClN3O2S/c1-20-10-3-4-12(11(16)6-10)18-13(19)8-21-14-5-2-9(15)7-17-14/h2-7H,8,16H2,1H3,(H,18,19). The van der Waals surface area contributed by atoms with E-state index in [1.54, 1.807) is 43.6 Å². The van der Waals surface area contributed by atoms with Gasteiger partial charge in [0.15, 0.2) is 0 Å². The van der Waals surface area contributed by atoms with Gasteiger partial charge in [-0.2, -0.15) is 0 Å². The van der Waals surface area contributed by atoms with Crippen molar-refractivity contribution in [3.63, 3.8) is 0 Å². The third-order valence-corrected chi connectivity index (χ3v) is 3.75. The van der Waals surface area contributed by atoms with Gasteiger partial charge in [0.1, 0.15) is 5.75 Å². The van der Waals surface area contributed by atoms with Crippen LogP contribution < -0.4 is 15.8 Å². The number of nitrogen functional groups attached to an aromatic ring is 1. The molecule has 110 valence electrons. The van der Waals surface area contributed by atoms with Crippen molar-refractivity contribution in [2.24, 2.45) is 0 Å². The number of thioether (sulfide) groups is 1. The number of ether oxygens (including phenoxy) is 1. The number of carbonyl (C=O) groups is 1. The number of amides is 1. The number of anilines is 2. The Morgan fingerprint density at radius 1 is 1.43 bits per heavy atom. The predicted molar refractivity (Wildman–Crippen MR) is 86.0 cm³/mol. The zero-order valence-electron chi connectivity index (χ0n) is 11.3. The summed E-state index contributed by atoms with van der Waals surface area (Å²) in [7, 11) is 1.56. The van der Waals surface area contributed by atoms with Gasteiger partial charge >= 0.3 is 0 Å². The number of rotatable bonds is 5. The molecule has 1 amide bonds. The van der Waals surface area contributed by atoms with Gasteiger partial charge in [0.05, 0.1) is 34.3 Å². The monoisotopic (exact) mass is 323 g/mol. The Balaban J connectivity index is 1.91. The summed E-state index contributed by atoms with van der Waals surface area (Å²) in [5.41, 5.74) is 6.86. The number of aromatic nitrogens is 1. The number of carbonyl (C=O) groups excluding carboxylic acids is 1. The molecule has 7 heteroatoms. The summed E-state index contributed by atoms with van der Waals surface area (Å²) in [6.45, 7) is 0. The zero-order chi connectivity index (χ0) is 15.2. The topological polar surface area (TPSA) is 77.2 Å². The fraction of sp³-hybridized carbons (Fsp3) is 0.143. The summed E-state index contributed by atoms with van der Waals surface area (Å²) in [5, 5.41) is 4.05. The molecule has 0 saturated carbocycles. The van der Waals surface area contributed by atoms with E-state index in [0.29, 0.717) is 22.1 Å². The molecule has 3 N–H and O–H groups in total. The van der Waals surface area contributed by atoms with E-state index in [1.807, 2.05) is 0 Å². The summed E-state index contributed by atoms with van der Waals surface area (Å²) in [4.78, 5) is 16.0. The Hall–Kier alpha value is -1.92. The van der Waals surface area contributed by atoms with Crippen LogP contribution in [0.4, 0.5) is 11.4 Å². The minimum atomic E-state index is -0.159. The molecular weight excluding hydrogens is 310 g/mol. The third-order valence-electron chi connectivity index (χ3n) is 2.58. The molecule has 0 atom stereocenters.